The lowest BCUT2D eigenvalue weighted by Gasteiger charge is -2.51. The highest BCUT2D eigenvalue weighted by Gasteiger charge is 2.55. The Bertz CT molecular complexity index is 811. The number of phenols is 1. The molecule has 4 heteroatoms. The molecule has 3 aliphatic carbocycles. The third kappa shape index (κ3) is 3.51. The van der Waals surface area contributed by atoms with Crippen LogP contribution in [0, 0.1) is 23.2 Å². The molecule has 30 heavy (non-hydrogen) atoms. The lowest BCUT2D eigenvalue weighted by Crippen LogP contribution is -2.46. The van der Waals surface area contributed by atoms with Crippen LogP contribution in [-0.2, 0) is 11.2 Å². The monoisotopic (exact) mass is 475 g/mol. The van der Waals surface area contributed by atoms with Gasteiger partial charge in [-0.3, -0.25) is 4.79 Å². The smallest absolute Gasteiger partial charge is 0.223 e. The number of carbonyl (C=O) groups excluding carboxylic acids is 1. The fraction of sp³-hybridized carbons (Fsp3) is 0.731. The van der Waals surface area contributed by atoms with Crippen LogP contribution in [0.15, 0.2) is 16.6 Å². The molecule has 1 amide bonds. The van der Waals surface area contributed by atoms with Crippen LogP contribution in [0.1, 0.15) is 90.2 Å². The zero-order chi connectivity index (χ0) is 21.8. The van der Waals surface area contributed by atoms with Crippen molar-refractivity contribution in [1.82, 2.24) is 4.90 Å². The molecule has 0 saturated heterocycles. The Balaban J connectivity index is 1.54. The standard InChI is InChI=1S/C26H38BrNO2/c1-15(2)28(16(3)4)24(30)14-17-6-10-22-20-7-8-21-18(9-11-23(29)25(21)27)19(20)12-13-26(17,22)5/h9,11,15-17,19-20,22,29H,6-8,10,12-14H2,1-5H3/t17-,19-,20-,22+,26-/m1/s1. The molecule has 1 aromatic rings. The molecule has 0 bridgehead atoms. The summed E-state index contributed by atoms with van der Waals surface area (Å²) in [5, 5.41) is 10.1. The van der Waals surface area contributed by atoms with Crippen molar-refractivity contribution in [1.29, 1.82) is 0 Å². The second-order valence-corrected chi connectivity index (χ2v) is 11.7. The third-order valence-corrected chi connectivity index (χ3v) is 9.73. The topological polar surface area (TPSA) is 40.5 Å². The fourth-order valence-corrected chi connectivity index (χ4v) is 8.10. The number of amides is 1. The number of fused-ring (bicyclic) bond motifs is 5. The lowest BCUT2D eigenvalue weighted by molar-refractivity contribution is -0.137. The molecule has 0 aliphatic heterocycles. The Morgan fingerprint density at radius 1 is 1.17 bits per heavy atom. The maximum Gasteiger partial charge on any atom is 0.223 e. The van der Waals surface area contributed by atoms with E-state index in [1.807, 2.05) is 6.07 Å². The van der Waals surface area contributed by atoms with Gasteiger partial charge >= 0.3 is 0 Å². The van der Waals surface area contributed by atoms with Crippen molar-refractivity contribution >= 4 is 21.8 Å². The molecule has 2 fully saturated rings. The van der Waals surface area contributed by atoms with E-state index >= 15 is 0 Å². The number of benzene rings is 1. The van der Waals surface area contributed by atoms with Crippen molar-refractivity contribution in [2.24, 2.45) is 23.2 Å². The number of phenolic OH excluding ortho intramolecular Hbond substituents is 1. The highest BCUT2D eigenvalue weighted by atomic mass is 79.9. The Labute approximate surface area is 190 Å². The number of hydrogen-bond donors (Lipinski definition) is 1. The number of nitrogens with zero attached hydrogens (tertiary/aromatic N) is 1. The molecule has 2 saturated carbocycles. The third-order valence-electron chi connectivity index (χ3n) is 8.84. The molecule has 3 nitrogen and oxygen atoms in total. The van der Waals surface area contributed by atoms with E-state index in [4.69, 9.17) is 0 Å². The Morgan fingerprint density at radius 3 is 2.53 bits per heavy atom. The fourth-order valence-electron chi connectivity index (χ4n) is 7.55. The number of rotatable bonds is 4. The first-order valence-electron chi connectivity index (χ1n) is 12.0. The number of carbonyl (C=O) groups is 1. The lowest BCUT2D eigenvalue weighted by atomic mass is 9.54. The first-order valence-corrected chi connectivity index (χ1v) is 12.8. The van der Waals surface area contributed by atoms with Crippen LogP contribution in [0.4, 0.5) is 0 Å². The first-order chi connectivity index (χ1) is 14.1. The molecule has 3 aliphatic rings. The molecule has 1 N–H and O–H groups in total. The molecule has 0 spiro atoms. The van der Waals surface area contributed by atoms with Crippen molar-refractivity contribution in [2.45, 2.75) is 97.6 Å². The molecule has 1 aromatic carbocycles. The zero-order valence-corrected chi connectivity index (χ0v) is 20.8. The van der Waals surface area contributed by atoms with Crippen LogP contribution in [0.25, 0.3) is 0 Å². The van der Waals surface area contributed by atoms with Gasteiger partial charge in [0.05, 0.1) is 4.47 Å². The molecule has 0 radical (unpaired) electrons. The minimum Gasteiger partial charge on any atom is -0.507 e. The van der Waals surface area contributed by atoms with Crippen molar-refractivity contribution in [2.75, 3.05) is 0 Å². The van der Waals surface area contributed by atoms with E-state index in [0.717, 1.165) is 29.2 Å². The van der Waals surface area contributed by atoms with E-state index in [1.54, 1.807) is 0 Å². The minimum atomic E-state index is 0.267. The Morgan fingerprint density at radius 2 is 1.87 bits per heavy atom. The van der Waals surface area contributed by atoms with E-state index in [-0.39, 0.29) is 12.1 Å². The number of aromatic hydroxyl groups is 1. The SMILES string of the molecule is CC(C)N(C(=O)C[C@H]1CC[C@H]2[C@@H]3CCc4c(ccc(O)c4Br)[C@H]3CC[C@]12C)C(C)C. The van der Waals surface area contributed by atoms with Crippen LogP contribution < -0.4 is 0 Å². The van der Waals surface area contributed by atoms with Gasteiger partial charge in [0.15, 0.2) is 0 Å². The van der Waals surface area contributed by atoms with Crippen molar-refractivity contribution in [3.63, 3.8) is 0 Å². The van der Waals surface area contributed by atoms with Crippen LogP contribution in [0.2, 0.25) is 0 Å². The van der Waals surface area contributed by atoms with Gasteiger partial charge in [0.25, 0.3) is 0 Å². The molecule has 5 atom stereocenters. The molecule has 4 rings (SSSR count). The summed E-state index contributed by atoms with van der Waals surface area (Å²) in [5.41, 5.74) is 3.08. The van der Waals surface area contributed by atoms with Crippen LogP contribution in [-0.4, -0.2) is 28.0 Å². The highest BCUT2D eigenvalue weighted by molar-refractivity contribution is 9.10. The average molecular weight is 476 g/mol. The summed E-state index contributed by atoms with van der Waals surface area (Å²) in [6.07, 6.45) is 7.89. The molecular weight excluding hydrogens is 438 g/mol. The van der Waals surface area contributed by atoms with Crippen LogP contribution >= 0.6 is 15.9 Å². The van der Waals surface area contributed by atoms with Gasteiger partial charge in [-0.15, -0.1) is 0 Å². The van der Waals surface area contributed by atoms with Gasteiger partial charge in [-0.05, 0) is 128 Å². The maximum atomic E-state index is 13.2. The van der Waals surface area contributed by atoms with Gasteiger partial charge in [-0.2, -0.15) is 0 Å². The van der Waals surface area contributed by atoms with E-state index in [0.29, 0.717) is 28.9 Å². The molecule has 0 heterocycles. The predicted molar refractivity (Wildman–Crippen MR) is 126 cm³/mol. The average Bonchev–Trinajstić information content (AvgIpc) is 3.00. The van der Waals surface area contributed by atoms with Crippen molar-refractivity contribution in [3.05, 3.63) is 27.7 Å². The van der Waals surface area contributed by atoms with Crippen molar-refractivity contribution in [3.8, 4) is 5.75 Å². The first kappa shape index (κ1) is 22.2. The largest absolute Gasteiger partial charge is 0.507 e. The maximum absolute atomic E-state index is 13.2. The summed E-state index contributed by atoms with van der Waals surface area (Å²) in [6, 6.07) is 4.57. The van der Waals surface area contributed by atoms with E-state index < -0.39 is 0 Å². The van der Waals surface area contributed by atoms with Gasteiger partial charge in [0, 0.05) is 18.5 Å². The summed E-state index contributed by atoms with van der Waals surface area (Å²) < 4.78 is 0.907. The quantitative estimate of drug-likeness (QED) is 0.528. The van der Waals surface area contributed by atoms with Crippen molar-refractivity contribution < 1.29 is 9.90 Å². The number of halogens is 1. The molecule has 166 valence electrons. The summed E-state index contributed by atoms with van der Waals surface area (Å²) in [4.78, 5) is 15.3. The molecular formula is C26H38BrNO2. The van der Waals surface area contributed by atoms with Gasteiger partial charge in [-0.25, -0.2) is 0 Å². The van der Waals surface area contributed by atoms with Crippen LogP contribution in [0.5, 0.6) is 5.75 Å². The highest BCUT2D eigenvalue weighted by Crippen LogP contribution is 2.64. The van der Waals surface area contributed by atoms with Gasteiger partial charge in [-0.1, -0.05) is 13.0 Å². The second kappa shape index (κ2) is 8.15. The van der Waals surface area contributed by atoms with E-state index in [2.05, 4.69) is 61.5 Å². The van der Waals surface area contributed by atoms with Gasteiger partial charge in [0.2, 0.25) is 5.91 Å². The summed E-state index contributed by atoms with van der Waals surface area (Å²) >= 11 is 3.63. The van der Waals surface area contributed by atoms with Gasteiger partial charge < -0.3 is 10.0 Å². The second-order valence-electron chi connectivity index (χ2n) is 10.9. The molecule has 0 unspecified atom stereocenters. The Kier molecular flexibility index (Phi) is 6.02. The summed E-state index contributed by atoms with van der Waals surface area (Å²) in [5.74, 6) is 3.29. The minimum absolute atomic E-state index is 0.267. The van der Waals surface area contributed by atoms with E-state index in [1.165, 1.54) is 43.2 Å². The normalized spacial score (nSPS) is 32.7. The summed E-state index contributed by atoms with van der Waals surface area (Å²) in [7, 11) is 0. The van der Waals surface area contributed by atoms with Gasteiger partial charge in [0.1, 0.15) is 5.75 Å². The van der Waals surface area contributed by atoms with Crippen LogP contribution in [0.3, 0.4) is 0 Å². The Hall–Kier alpha value is -1.03. The predicted octanol–water partition coefficient (Wildman–Crippen LogP) is 6.66. The summed E-state index contributed by atoms with van der Waals surface area (Å²) in [6.45, 7) is 11.0. The number of hydrogen-bond acceptors (Lipinski definition) is 2. The van der Waals surface area contributed by atoms with E-state index in [9.17, 15) is 9.90 Å². The molecule has 0 aromatic heterocycles. The zero-order valence-electron chi connectivity index (χ0n) is 19.2.